The molecule has 1 aliphatic heterocycles. The first kappa shape index (κ1) is 23.3. The summed E-state index contributed by atoms with van der Waals surface area (Å²) in [6.07, 6.45) is 1.71. The Hall–Kier alpha value is -3.42. The first-order valence-corrected chi connectivity index (χ1v) is 12.0. The van der Waals surface area contributed by atoms with Crippen LogP contribution in [0.25, 0.3) is 17.0 Å². The molecule has 4 nitrogen and oxygen atoms in total. The Bertz CT molecular complexity index is 1530. The molecule has 0 atom stereocenters. The number of amides is 2. The zero-order valence-electron chi connectivity index (χ0n) is 18.6. The number of hydrogen-bond acceptors (Lipinski definition) is 3. The van der Waals surface area contributed by atoms with Gasteiger partial charge in [0, 0.05) is 32.7 Å². The molecule has 35 heavy (non-hydrogen) atoms. The van der Waals surface area contributed by atoms with Crippen LogP contribution in [0.4, 0.5) is 13.6 Å². The van der Waals surface area contributed by atoms with Crippen molar-refractivity contribution in [1.82, 2.24) is 9.47 Å². The first-order chi connectivity index (χ1) is 16.8. The topological polar surface area (TPSA) is 42.3 Å². The smallest absolute Gasteiger partial charge is 0.293 e. The van der Waals surface area contributed by atoms with Gasteiger partial charge in [-0.25, -0.2) is 8.78 Å². The van der Waals surface area contributed by atoms with Gasteiger partial charge in [0.2, 0.25) is 0 Å². The summed E-state index contributed by atoms with van der Waals surface area (Å²) >= 11 is 6.95. The van der Waals surface area contributed by atoms with E-state index in [-0.39, 0.29) is 22.3 Å². The molecule has 1 saturated heterocycles. The van der Waals surface area contributed by atoms with Crippen LogP contribution in [0.2, 0.25) is 5.02 Å². The average Bonchev–Trinajstić information content (AvgIpc) is 3.25. The summed E-state index contributed by atoms with van der Waals surface area (Å²) in [6.45, 7) is 2.20. The minimum absolute atomic E-state index is 0.0465. The minimum atomic E-state index is -0.491. The number of imide groups is 1. The summed E-state index contributed by atoms with van der Waals surface area (Å²) in [7, 11) is 0. The fraction of sp³-hybridized carbons (Fsp3) is 0.111. The van der Waals surface area contributed by atoms with Crippen LogP contribution in [0.15, 0.2) is 71.6 Å². The maximum absolute atomic E-state index is 14.4. The molecule has 0 radical (unpaired) electrons. The van der Waals surface area contributed by atoms with Gasteiger partial charge in [-0.15, -0.1) is 0 Å². The van der Waals surface area contributed by atoms with Crippen molar-refractivity contribution in [2.24, 2.45) is 0 Å². The molecular formula is C27H19ClF2N2O2S. The standard InChI is InChI=1S/C27H19ClF2N2O2S/c1-16-21(20-7-3-5-9-24(20)31(16)15-18-6-2-4-8-23(18)30)13-25-26(33)32(27(34)35-25)14-17-10-11-19(29)12-22(17)28/h2-13H,14-15H2,1H3. The number of aromatic nitrogens is 1. The molecule has 1 aromatic heterocycles. The highest BCUT2D eigenvalue weighted by Crippen LogP contribution is 2.37. The van der Waals surface area contributed by atoms with Gasteiger partial charge in [0.1, 0.15) is 11.6 Å². The van der Waals surface area contributed by atoms with E-state index in [1.165, 1.54) is 18.2 Å². The van der Waals surface area contributed by atoms with Crippen molar-refractivity contribution in [1.29, 1.82) is 0 Å². The van der Waals surface area contributed by atoms with Crippen molar-refractivity contribution in [2.45, 2.75) is 20.0 Å². The second-order valence-electron chi connectivity index (χ2n) is 8.20. The molecule has 5 rings (SSSR count). The third-order valence-electron chi connectivity index (χ3n) is 6.06. The molecule has 4 aromatic rings. The number of halogens is 3. The Morgan fingerprint density at radius 2 is 1.69 bits per heavy atom. The Kier molecular flexibility index (Phi) is 6.21. The normalized spacial score (nSPS) is 15.1. The fourth-order valence-electron chi connectivity index (χ4n) is 4.23. The summed E-state index contributed by atoms with van der Waals surface area (Å²) in [5, 5.41) is 0.629. The molecular weight excluding hydrogens is 490 g/mol. The Labute approximate surface area is 209 Å². The first-order valence-electron chi connectivity index (χ1n) is 10.8. The summed E-state index contributed by atoms with van der Waals surface area (Å²) in [6, 6.07) is 18.2. The highest BCUT2D eigenvalue weighted by molar-refractivity contribution is 8.18. The van der Waals surface area contributed by atoms with Gasteiger partial charge in [-0.1, -0.05) is 54.1 Å². The van der Waals surface area contributed by atoms with Gasteiger partial charge < -0.3 is 4.57 Å². The number of rotatable bonds is 5. The van der Waals surface area contributed by atoms with Gasteiger partial charge in [0.05, 0.1) is 18.0 Å². The van der Waals surface area contributed by atoms with Crippen molar-refractivity contribution >= 4 is 51.5 Å². The lowest BCUT2D eigenvalue weighted by atomic mass is 10.1. The molecule has 3 aromatic carbocycles. The molecule has 0 bridgehead atoms. The second-order valence-corrected chi connectivity index (χ2v) is 9.60. The van der Waals surface area contributed by atoms with E-state index in [9.17, 15) is 18.4 Å². The molecule has 1 fully saturated rings. The molecule has 2 heterocycles. The predicted octanol–water partition coefficient (Wildman–Crippen LogP) is 7.17. The Morgan fingerprint density at radius 3 is 2.46 bits per heavy atom. The van der Waals surface area contributed by atoms with Crippen LogP contribution in [0.3, 0.4) is 0 Å². The van der Waals surface area contributed by atoms with E-state index in [2.05, 4.69) is 0 Å². The van der Waals surface area contributed by atoms with Crippen LogP contribution in [0, 0.1) is 18.6 Å². The number of carbonyl (C=O) groups excluding carboxylic acids is 2. The van der Waals surface area contributed by atoms with Crippen LogP contribution in [-0.2, 0) is 17.9 Å². The number of para-hydroxylation sites is 1. The van der Waals surface area contributed by atoms with E-state index >= 15 is 0 Å². The van der Waals surface area contributed by atoms with E-state index < -0.39 is 17.0 Å². The minimum Gasteiger partial charge on any atom is -0.340 e. The van der Waals surface area contributed by atoms with Gasteiger partial charge in [0.15, 0.2) is 0 Å². The van der Waals surface area contributed by atoms with Crippen LogP contribution >= 0.6 is 23.4 Å². The lowest BCUT2D eigenvalue weighted by molar-refractivity contribution is -0.123. The lowest BCUT2D eigenvalue weighted by Gasteiger charge is -2.13. The van der Waals surface area contributed by atoms with Crippen molar-refractivity contribution in [3.63, 3.8) is 0 Å². The van der Waals surface area contributed by atoms with Gasteiger partial charge >= 0.3 is 0 Å². The fourth-order valence-corrected chi connectivity index (χ4v) is 5.28. The number of carbonyl (C=O) groups is 2. The highest BCUT2D eigenvalue weighted by atomic mass is 35.5. The quantitative estimate of drug-likeness (QED) is 0.268. The van der Waals surface area contributed by atoms with Crippen LogP contribution in [0.5, 0.6) is 0 Å². The molecule has 8 heteroatoms. The van der Waals surface area contributed by atoms with Gasteiger partial charge in [-0.2, -0.15) is 0 Å². The van der Waals surface area contributed by atoms with Crippen molar-refractivity contribution in [2.75, 3.05) is 0 Å². The molecule has 0 spiro atoms. The average molecular weight is 509 g/mol. The maximum Gasteiger partial charge on any atom is 0.293 e. The summed E-state index contributed by atoms with van der Waals surface area (Å²) < 4.78 is 29.7. The third kappa shape index (κ3) is 4.37. The summed E-state index contributed by atoms with van der Waals surface area (Å²) in [5.41, 5.74) is 3.58. The number of fused-ring (bicyclic) bond motifs is 1. The summed E-state index contributed by atoms with van der Waals surface area (Å²) in [4.78, 5) is 27.2. The number of benzene rings is 3. The Morgan fingerprint density at radius 1 is 0.943 bits per heavy atom. The van der Waals surface area contributed by atoms with Gasteiger partial charge in [-0.05, 0) is 54.6 Å². The number of thioether (sulfide) groups is 1. The molecule has 0 saturated carbocycles. The maximum atomic E-state index is 14.4. The van der Waals surface area contributed by atoms with Crippen LogP contribution in [-0.4, -0.2) is 20.6 Å². The SMILES string of the molecule is Cc1c(C=C2SC(=O)N(Cc3ccc(F)cc3Cl)C2=O)c2ccccc2n1Cc1ccccc1F. The molecule has 1 aliphatic rings. The van der Waals surface area contributed by atoms with E-state index in [0.717, 1.165) is 44.9 Å². The molecule has 0 aliphatic carbocycles. The third-order valence-corrected chi connectivity index (χ3v) is 7.32. The molecule has 0 unspecified atom stereocenters. The van der Waals surface area contributed by atoms with Crippen molar-refractivity contribution in [3.8, 4) is 0 Å². The van der Waals surface area contributed by atoms with E-state index in [4.69, 9.17) is 11.6 Å². The monoisotopic (exact) mass is 508 g/mol. The highest BCUT2D eigenvalue weighted by Gasteiger charge is 2.35. The van der Waals surface area contributed by atoms with E-state index in [1.807, 2.05) is 35.8 Å². The molecule has 0 N–H and O–H groups in total. The largest absolute Gasteiger partial charge is 0.340 e. The number of nitrogens with zero attached hydrogens (tertiary/aromatic N) is 2. The predicted molar refractivity (Wildman–Crippen MR) is 135 cm³/mol. The second kappa shape index (κ2) is 9.32. The number of hydrogen-bond donors (Lipinski definition) is 0. The summed E-state index contributed by atoms with van der Waals surface area (Å²) in [5.74, 6) is -1.22. The Balaban J connectivity index is 1.51. The zero-order valence-corrected chi connectivity index (χ0v) is 20.2. The molecule has 2 amide bonds. The molecule has 176 valence electrons. The van der Waals surface area contributed by atoms with Gasteiger partial charge in [-0.3, -0.25) is 14.5 Å². The van der Waals surface area contributed by atoms with Crippen LogP contribution in [0.1, 0.15) is 22.4 Å². The van der Waals surface area contributed by atoms with Crippen molar-refractivity contribution in [3.05, 3.63) is 111 Å². The zero-order chi connectivity index (χ0) is 24.7. The van der Waals surface area contributed by atoms with Gasteiger partial charge in [0.25, 0.3) is 11.1 Å². The van der Waals surface area contributed by atoms with Crippen molar-refractivity contribution < 1.29 is 18.4 Å². The van der Waals surface area contributed by atoms with E-state index in [0.29, 0.717) is 17.7 Å². The van der Waals surface area contributed by atoms with E-state index in [1.54, 1.807) is 24.3 Å². The van der Waals surface area contributed by atoms with Crippen LogP contribution < -0.4 is 0 Å². The lowest BCUT2D eigenvalue weighted by Crippen LogP contribution is -2.27.